The molecule has 4 heteroatoms. The third kappa shape index (κ3) is 2.17. The minimum Gasteiger partial charge on any atom is -0.455 e. The smallest absolute Gasteiger partial charge is 0.287 e. The van der Waals surface area contributed by atoms with Crippen LogP contribution in [0.15, 0.2) is 59.6 Å². The van der Waals surface area contributed by atoms with Crippen molar-refractivity contribution >= 4 is 18.4 Å². The Morgan fingerprint density at radius 2 is 1.55 bits per heavy atom. The Balaban J connectivity index is 0.00000144. The molecular formula is C18H19ClN2O. The number of hydrogen-bond donors (Lipinski definition) is 0. The lowest BCUT2D eigenvalue weighted by Crippen LogP contribution is -2.22. The van der Waals surface area contributed by atoms with Crippen molar-refractivity contribution in [2.75, 3.05) is 14.1 Å². The maximum absolute atomic E-state index is 6.10. The summed E-state index contributed by atoms with van der Waals surface area (Å²) in [5.74, 6) is 0.282. The fourth-order valence-electron chi connectivity index (χ4n) is 3.40. The Kier molecular flexibility index (Phi) is 3.83. The summed E-state index contributed by atoms with van der Waals surface area (Å²) in [5, 5.41) is 0. The van der Waals surface area contributed by atoms with Gasteiger partial charge < -0.3 is 9.64 Å². The maximum atomic E-state index is 6.10. The van der Waals surface area contributed by atoms with Crippen LogP contribution >= 0.6 is 12.4 Å². The van der Waals surface area contributed by atoms with Crippen LogP contribution in [-0.2, 0) is 4.74 Å². The van der Waals surface area contributed by atoms with E-state index in [4.69, 9.17) is 9.73 Å². The summed E-state index contributed by atoms with van der Waals surface area (Å²) >= 11 is 0. The lowest BCUT2D eigenvalue weighted by atomic mass is 9.90. The number of nitrogens with zero attached hydrogens (tertiary/aromatic N) is 2. The first-order valence-corrected chi connectivity index (χ1v) is 7.31. The van der Waals surface area contributed by atoms with Gasteiger partial charge in [-0.2, -0.15) is 0 Å². The summed E-state index contributed by atoms with van der Waals surface area (Å²) in [7, 11) is 3.95. The molecule has 2 aromatic rings. The molecule has 1 heterocycles. The van der Waals surface area contributed by atoms with Gasteiger partial charge in [-0.25, -0.2) is 4.99 Å². The van der Waals surface area contributed by atoms with E-state index in [0.717, 1.165) is 6.02 Å². The molecule has 0 saturated carbocycles. The van der Waals surface area contributed by atoms with Crippen LogP contribution in [0.1, 0.15) is 28.7 Å². The van der Waals surface area contributed by atoms with Gasteiger partial charge in [0.25, 0.3) is 6.02 Å². The summed E-state index contributed by atoms with van der Waals surface area (Å²) in [4.78, 5) is 6.79. The minimum absolute atomic E-state index is 0. The third-order valence-electron chi connectivity index (χ3n) is 4.32. The predicted molar refractivity (Wildman–Crippen MR) is 90.7 cm³/mol. The molecule has 1 aliphatic heterocycles. The lowest BCUT2D eigenvalue weighted by Gasteiger charge is -2.16. The van der Waals surface area contributed by atoms with Crippen LogP contribution in [0, 0.1) is 0 Å². The van der Waals surface area contributed by atoms with E-state index in [1.165, 1.54) is 16.7 Å². The average Bonchev–Trinajstić information content (AvgIpc) is 3.05. The van der Waals surface area contributed by atoms with Gasteiger partial charge in [-0.05, 0) is 16.7 Å². The van der Waals surface area contributed by atoms with E-state index in [2.05, 4.69) is 54.6 Å². The number of rotatable bonds is 1. The van der Waals surface area contributed by atoms with Crippen molar-refractivity contribution in [2.24, 2.45) is 4.99 Å². The molecule has 0 fully saturated rings. The summed E-state index contributed by atoms with van der Waals surface area (Å²) in [6.07, 6.45) is 0.0452. The van der Waals surface area contributed by atoms with Gasteiger partial charge in [0.05, 0.1) is 0 Å². The van der Waals surface area contributed by atoms with E-state index in [9.17, 15) is 0 Å². The molecule has 114 valence electrons. The van der Waals surface area contributed by atoms with E-state index in [1.807, 2.05) is 19.0 Å². The van der Waals surface area contributed by atoms with Gasteiger partial charge in [-0.15, -0.1) is 12.4 Å². The van der Waals surface area contributed by atoms with Crippen molar-refractivity contribution in [1.29, 1.82) is 0 Å². The summed E-state index contributed by atoms with van der Waals surface area (Å²) in [6.45, 7) is 0. The number of halogens is 1. The summed E-state index contributed by atoms with van der Waals surface area (Å²) < 4.78 is 6.10. The van der Waals surface area contributed by atoms with E-state index in [0.29, 0.717) is 0 Å². The molecule has 0 saturated heterocycles. The molecule has 0 aromatic heterocycles. The van der Waals surface area contributed by atoms with E-state index in [1.54, 1.807) is 0 Å². The Labute approximate surface area is 137 Å². The number of ether oxygens (including phenoxy) is 1. The highest BCUT2D eigenvalue weighted by atomic mass is 35.5. The second kappa shape index (κ2) is 5.65. The first-order chi connectivity index (χ1) is 10.3. The van der Waals surface area contributed by atoms with Gasteiger partial charge in [0.15, 0.2) is 6.10 Å². The quantitative estimate of drug-likeness (QED) is 0.803. The molecule has 3 atom stereocenters. The molecule has 0 N–H and O–H groups in total. The van der Waals surface area contributed by atoms with Crippen molar-refractivity contribution in [3.8, 4) is 0 Å². The number of aliphatic imine (C=N–C) groups is 1. The highest BCUT2D eigenvalue weighted by Crippen LogP contribution is 2.50. The zero-order chi connectivity index (χ0) is 14.4. The van der Waals surface area contributed by atoms with Crippen LogP contribution < -0.4 is 0 Å². The summed E-state index contributed by atoms with van der Waals surface area (Å²) in [6, 6.07) is 20.1. The zero-order valence-electron chi connectivity index (χ0n) is 12.6. The molecule has 3 unspecified atom stereocenters. The van der Waals surface area contributed by atoms with Crippen molar-refractivity contribution in [1.82, 2.24) is 4.90 Å². The minimum atomic E-state index is 0. The van der Waals surface area contributed by atoms with Crippen LogP contribution in [0.4, 0.5) is 0 Å². The maximum Gasteiger partial charge on any atom is 0.287 e. The van der Waals surface area contributed by atoms with E-state index < -0.39 is 0 Å². The van der Waals surface area contributed by atoms with Gasteiger partial charge in [0.1, 0.15) is 6.04 Å². The van der Waals surface area contributed by atoms with E-state index in [-0.39, 0.29) is 30.5 Å². The lowest BCUT2D eigenvalue weighted by molar-refractivity contribution is 0.180. The molecule has 1 aliphatic carbocycles. The second-order valence-corrected chi connectivity index (χ2v) is 5.85. The second-order valence-electron chi connectivity index (χ2n) is 5.85. The molecule has 0 radical (unpaired) electrons. The normalized spacial score (nSPS) is 24.6. The summed E-state index contributed by atoms with van der Waals surface area (Å²) in [5.41, 5.74) is 3.93. The van der Waals surface area contributed by atoms with Gasteiger partial charge in [0, 0.05) is 20.0 Å². The standard InChI is InChI=1S/C18H18N2O.ClH/c1-20(2)18-19-16-15(12-8-4-3-5-9-12)13-10-6-7-11-14(13)17(16)21-18;/h3-11,15-17H,1-2H3;1H. The van der Waals surface area contributed by atoms with Crippen molar-refractivity contribution in [3.63, 3.8) is 0 Å². The van der Waals surface area contributed by atoms with Gasteiger partial charge in [0.2, 0.25) is 0 Å². The molecule has 3 nitrogen and oxygen atoms in total. The molecule has 0 spiro atoms. The van der Waals surface area contributed by atoms with Crippen LogP contribution in [0.2, 0.25) is 0 Å². The number of amidine groups is 1. The van der Waals surface area contributed by atoms with Crippen LogP contribution in [0.3, 0.4) is 0 Å². The Morgan fingerprint density at radius 3 is 2.23 bits per heavy atom. The van der Waals surface area contributed by atoms with Gasteiger partial charge in [-0.3, -0.25) is 0 Å². The SMILES string of the molecule is CN(C)C1=NC2C(O1)c1ccccc1C2c1ccccc1.Cl. The van der Waals surface area contributed by atoms with Crippen molar-refractivity contribution < 1.29 is 4.74 Å². The van der Waals surface area contributed by atoms with Crippen molar-refractivity contribution in [3.05, 3.63) is 71.3 Å². The van der Waals surface area contributed by atoms with Crippen LogP contribution in [0.25, 0.3) is 0 Å². The first-order valence-electron chi connectivity index (χ1n) is 7.31. The van der Waals surface area contributed by atoms with Crippen molar-refractivity contribution in [2.45, 2.75) is 18.1 Å². The number of fused-ring (bicyclic) bond motifs is 3. The third-order valence-corrected chi connectivity index (χ3v) is 4.32. The van der Waals surface area contributed by atoms with E-state index >= 15 is 0 Å². The molecule has 0 bridgehead atoms. The fourth-order valence-corrected chi connectivity index (χ4v) is 3.40. The molecule has 4 rings (SSSR count). The highest BCUT2D eigenvalue weighted by Gasteiger charge is 2.47. The van der Waals surface area contributed by atoms with Gasteiger partial charge >= 0.3 is 0 Å². The number of benzene rings is 2. The Bertz CT molecular complexity index is 699. The topological polar surface area (TPSA) is 24.8 Å². The Hall–Kier alpha value is -2.00. The fraction of sp³-hybridized carbons (Fsp3) is 0.278. The molecule has 2 aliphatic rings. The molecule has 22 heavy (non-hydrogen) atoms. The largest absolute Gasteiger partial charge is 0.455 e. The van der Waals surface area contributed by atoms with Gasteiger partial charge in [-0.1, -0.05) is 54.6 Å². The van der Waals surface area contributed by atoms with Crippen LogP contribution in [0.5, 0.6) is 0 Å². The van der Waals surface area contributed by atoms with Crippen LogP contribution in [-0.4, -0.2) is 31.1 Å². The highest BCUT2D eigenvalue weighted by molar-refractivity contribution is 5.85. The Morgan fingerprint density at radius 1 is 0.909 bits per heavy atom. The predicted octanol–water partition coefficient (Wildman–Crippen LogP) is 3.61. The first kappa shape index (κ1) is 14.9. The number of hydrogen-bond acceptors (Lipinski definition) is 3. The molecular weight excluding hydrogens is 296 g/mol. The monoisotopic (exact) mass is 314 g/mol. The molecule has 0 amide bonds. The average molecular weight is 315 g/mol. The zero-order valence-corrected chi connectivity index (χ0v) is 13.5. The molecule has 2 aromatic carbocycles.